The molecule has 5 N–H and O–H groups in total. The molecule has 27 heavy (non-hydrogen) atoms. The molecule has 0 heterocycles. The number of aliphatic hydroxyl groups is 2. The number of nitrogens with two attached hydrogens (primary N) is 1. The minimum atomic E-state index is -1.91. The molecule has 1 aromatic carbocycles. The zero-order valence-corrected chi connectivity index (χ0v) is 15.6. The number of hydrogen-bond donors (Lipinski definition) is 4. The molecular weight excluding hydrogens is 356 g/mol. The smallest absolute Gasteiger partial charge is 0.218 e. The first kappa shape index (κ1) is 25.1. The van der Waals surface area contributed by atoms with Gasteiger partial charge in [0.2, 0.25) is 18.5 Å². The molecule has 0 radical (unpaired) electrons. The third-order valence-electron chi connectivity index (χ3n) is 3.05. The summed E-state index contributed by atoms with van der Waals surface area (Å²) in [4.78, 5) is 20.8. The molecule has 0 saturated carbocycles. The van der Waals surface area contributed by atoms with E-state index in [2.05, 4.69) is 5.32 Å². The Hall–Kier alpha value is -1.88. The number of ketones is 1. The standard InChI is InChI=1S/C9H20N2O4.C9H10O3/c10-1-3-13-5-7-15-8-6-14-4-2-11-9-12;1-6-2-4-7(5-3-6)8(10)9(11)12/h9H,1-8,10H2,(H,11,12);2-5,9,11-12H,1H3. The number of carbonyl (C=O) groups is 2. The highest BCUT2D eigenvalue weighted by Crippen LogP contribution is 2.05. The zero-order valence-electron chi connectivity index (χ0n) is 15.6. The zero-order chi connectivity index (χ0) is 20.3. The second kappa shape index (κ2) is 17.5. The molecule has 0 spiro atoms. The lowest BCUT2D eigenvalue weighted by molar-refractivity contribution is -0.109. The van der Waals surface area contributed by atoms with Gasteiger partial charge in [-0.2, -0.15) is 0 Å². The van der Waals surface area contributed by atoms with Crippen molar-refractivity contribution in [2.75, 3.05) is 52.7 Å². The monoisotopic (exact) mass is 386 g/mol. The summed E-state index contributed by atoms with van der Waals surface area (Å²) in [5, 5.41) is 19.6. The van der Waals surface area contributed by atoms with Crippen LogP contribution in [-0.2, 0) is 19.0 Å². The average Bonchev–Trinajstić information content (AvgIpc) is 2.66. The Morgan fingerprint density at radius 3 is 2.04 bits per heavy atom. The van der Waals surface area contributed by atoms with Gasteiger partial charge in [-0.3, -0.25) is 9.59 Å². The van der Waals surface area contributed by atoms with Crippen LogP contribution in [0.5, 0.6) is 0 Å². The SMILES string of the molecule is Cc1ccc(C(=O)C(O)O)cc1.NCCOCCOCCOCCNC=O. The summed E-state index contributed by atoms with van der Waals surface area (Å²) in [7, 11) is 0. The van der Waals surface area contributed by atoms with Crippen molar-refractivity contribution in [2.45, 2.75) is 13.2 Å². The van der Waals surface area contributed by atoms with Crippen molar-refractivity contribution in [2.24, 2.45) is 5.73 Å². The molecule has 0 aromatic heterocycles. The lowest BCUT2D eigenvalue weighted by Gasteiger charge is -2.05. The second-order valence-corrected chi connectivity index (χ2v) is 5.30. The third kappa shape index (κ3) is 14.9. The molecule has 0 fully saturated rings. The largest absolute Gasteiger partial charge is 0.378 e. The first-order valence-corrected chi connectivity index (χ1v) is 8.60. The maximum Gasteiger partial charge on any atom is 0.218 e. The van der Waals surface area contributed by atoms with E-state index in [1.165, 1.54) is 0 Å². The Morgan fingerprint density at radius 2 is 1.56 bits per heavy atom. The first-order valence-electron chi connectivity index (χ1n) is 8.60. The first-order chi connectivity index (χ1) is 13.0. The molecule has 1 rings (SSSR count). The van der Waals surface area contributed by atoms with Crippen molar-refractivity contribution in [3.8, 4) is 0 Å². The minimum Gasteiger partial charge on any atom is -0.378 e. The van der Waals surface area contributed by atoms with E-state index in [0.29, 0.717) is 64.7 Å². The van der Waals surface area contributed by atoms with Crippen LogP contribution in [0.3, 0.4) is 0 Å². The molecule has 1 amide bonds. The van der Waals surface area contributed by atoms with Crippen LogP contribution in [0.15, 0.2) is 24.3 Å². The molecule has 0 aliphatic carbocycles. The second-order valence-electron chi connectivity index (χ2n) is 5.30. The Morgan fingerprint density at radius 1 is 1.04 bits per heavy atom. The van der Waals surface area contributed by atoms with E-state index in [9.17, 15) is 9.59 Å². The van der Waals surface area contributed by atoms with Gasteiger partial charge in [-0.05, 0) is 6.92 Å². The molecule has 0 atom stereocenters. The van der Waals surface area contributed by atoms with Gasteiger partial charge in [0.05, 0.1) is 39.6 Å². The molecule has 0 aliphatic rings. The number of nitrogens with one attached hydrogen (secondary N) is 1. The van der Waals surface area contributed by atoms with Crippen LogP contribution >= 0.6 is 0 Å². The summed E-state index contributed by atoms with van der Waals surface area (Å²) >= 11 is 0. The van der Waals surface area contributed by atoms with Crippen LogP contribution in [0.25, 0.3) is 0 Å². The van der Waals surface area contributed by atoms with Crippen LogP contribution in [0, 0.1) is 6.92 Å². The fourth-order valence-electron chi connectivity index (χ4n) is 1.68. The van der Waals surface area contributed by atoms with Gasteiger partial charge >= 0.3 is 0 Å². The highest BCUT2D eigenvalue weighted by molar-refractivity contribution is 5.98. The van der Waals surface area contributed by atoms with Crippen LogP contribution in [0.1, 0.15) is 15.9 Å². The van der Waals surface area contributed by atoms with E-state index in [0.717, 1.165) is 5.56 Å². The third-order valence-corrected chi connectivity index (χ3v) is 3.05. The van der Waals surface area contributed by atoms with E-state index in [4.69, 9.17) is 30.2 Å². The number of amides is 1. The van der Waals surface area contributed by atoms with E-state index >= 15 is 0 Å². The summed E-state index contributed by atoms with van der Waals surface area (Å²) in [5.74, 6) is -0.671. The summed E-state index contributed by atoms with van der Waals surface area (Å²) < 4.78 is 15.5. The quantitative estimate of drug-likeness (QED) is 0.141. The predicted molar refractivity (Wildman–Crippen MR) is 99.3 cm³/mol. The number of carbonyl (C=O) groups excluding carboxylic acids is 2. The number of aliphatic hydroxyl groups excluding tert-OH is 1. The van der Waals surface area contributed by atoms with Gasteiger partial charge in [-0.25, -0.2) is 0 Å². The highest BCUT2D eigenvalue weighted by Gasteiger charge is 2.12. The van der Waals surface area contributed by atoms with Gasteiger partial charge in [0.25, 0.3) is 0 Å². The van der Waals surface area contributed by atoms with Gasteiger partial charge in [0.1, 0.15) is 0 Å². The van der Waals surface area contributed by atoms with Crippen LogP contribution in [-0.4, -0.2) is 81.4 Å². The molecule has 0 unspecified atom stereocenters. The molecule has 0 aliphatic heterocycles. The Labute approximate surface area is 159 Å². The fraction of sp³-hybridized carbons (Fsp3) is 0.556. The van der Waals surface area contributed by atoms with Crippen LogP contribution in [0.4, 0.5) is 0 Å². The molecule has 1 aromatic rings. The normalized spacial score (nSPS) is 10.3. The Bertz CT molecular complexity index is 495. The Kier molecular flexibility index (Phi) is 16.3. The number of Topliss-reactive ketones (excluding diaryl/α,β-unsaturated/α-hetero) is 1. The van der Waals surface area contributed by atoms with Crippen molar-refractivity contribution in [1.29, 1.82) is 0 Å². The topological polar surface area (TPSA) is 140 Å². The Balaban J connectivity index is 0.000000511. The van der Waals surface area contributed by atoms with Crippen LogP contribution < -0.4 is 11.1 Å². The number of aryl methyl sites for hydroxylation is 1. The average molecular weight is 386 g/mol. The lowest BCUT2D eigenvalue weighted by atomic mass is 10.1. The van der Waals surface area contributed by atoms with E-state index in [-0.39, 0.29) is 0 Å². The van der Waals surface area contributed by atoms with E-state index in [1.54, 1.807) is 24.3 Å². The molecule has 154 valence electrons. The van der Waals surface area contributed by atoms with E-state index < -0.39 is 12.1 Å². The van der Waals surface area contributed by atoms with Gasteiger partial charge < -0.3 is 35.5 Å². The van der Waals surface area contributed by atoms with Crippen molar-refractivity contribution >= 4 is 12.2 Å². The summed E-state index contributed by atoms with van der Waals surface area (Å²) in [5.41, 5.74) is 6.57. The van der Waals surface area contributed by atoms with Crippen LogP contribution in [0.2, 0.25) is 0 Å². The number of hydrogen-bond acceptors (Lipinski definition) is 8. The van der Waals surface area contributed by atoms with Crippen molar-refractivity contribution in [3.63, 3.8) is 0 Å². The summed E-state index contributed by atoms with van der Waals surface area (Å²) in [6.45, 7) is 6.20. The summed E-state index contributed by atoms with van der Waals surface area (Å²) in [6.07, 6.45) is -1.26. The van der Waals surface area contributed by atoms with Crippen molar-refractivity contribution in [1.82, 2.24) is 5.32 Å². The highest BCUT2D eigenvalue weighted by atomic mass is 16.5. The van der Waals surface area contributed by atoms with E-state index in [1.807, 2.05) is 6.92 Å². The van der Waals surface area contributed by atoms with Gasteiger partial charge in [0, 0.05) is 18.7 Å². The number of benzene rings is 1. The number of rotatable bonds is 14. The minimum absolute atomic E-state index is 0.315. The summed E-state index contributed by atoms with van der Waals surface area (Å²) in [6, 6.07) is 6.62. The number of ether oxygens (including phenoxy) is 3. The van der Waals surface area contributed by atoms with Gasteiger partial charge in [-0.1, -0.05) is 29.8 Å². The van der Waals surface area contributed by atoms with Gasteiger partial charge in [-0.15, -0.1) is 0 Å². The fourth-order valence-corrected chi connectivity index (χ4v) is 1.68. The molecule has 9 heteroatoms. The van der Waals surface area contributed by atoms with Crippen molar-refractivity contribution in [3.05, 3.63) is 35.4 Å². The van der Waals surface area contributed by atoms with Crippen molar-refractivity contribution < 1.29 is 34.0 Å². The maximum atomic E-state index is 11.0. The predicted octanol–water partition coefficient (Wildman–Crippen LogP) is -0.771. The molecule has 0 saturated heterocycles. The molecule has 0 bridgehead atoms. The van der Waals surface area contributed by atoms with Gasteiger partial charge in [0.15, 0.2) is 0 Å². The maximum absolute atomic E-state index is 11.0. The lowest BCUT2D eigenvalue weighted by Crippen LogP contribution is -2.19. The molecular formula is C18H30N2O7. The molecule has 9 nitrogen and oxygen atoms in total.